The van der Waals surface area contributed by atoms with Crippen LogP contribution < -0.4 is 0 Å². The minimum atomic E-state index is -0.769. The molecule has 6 heteroatoms. The molecule has 0 aromatic carbocycles. The molecule has 0 radical (unpaired) electrons. The molecule has 0 spiro atoms. The van der Waals surface area contributed by atoms with Crippen LogP contribution in [0.4, 0.5) is 0 Å². The molecule has 1 unspecified atom stereocenters. The second kappa shape index (κ2) is 67.4. The molecule has 0 fully saturated rings. The van der Waals surface area contributed by atoms with Crippen LogP contribution in [0.1, 0.15) is 355 Å². The van der Waals surface area contributed by atoms with Gasteiger partial charge in [0.25, 0.3) is 0 Å². The summed E-state index contributed by atoms with van der Waals surface area (Å²) in [5, 5.41) is 0. The predicted molar refractivity (Wildman–Crippen MR) is 344 cm³/mol. The van der Waals surface area contributed by atoms with E-state index in [1.807, 2.05) is 0 Å². The summed E-state index contributed by atoms with van der Waals surface area (Å²) < 4.78 is 16.9. The zero-order valence-corrected chi connectivity index (χ0v) is 52.6. The Morgan fingerprint density at radius 2 is 0.494 bits per heavy atom. The number of esters is 3. The molecule has 0 heterocycles. The number of ether oxygens (including phenoxy) is 3. The van der Waals surface area contributed by atoms with E-state index in [-0.39, 0.29) is 31.1 Å². The lowest BCUT2D eigenvalue weighted by molar-refractivity contribution is -0.167. The van der Waals surface area contributed by atoms with Gasteiger partial charge in [0.2, 0.25) is 0 Å². The van der Waals surface area contributed by atoms with Gasteiger partial charge < -0.3 is 14.2 Å². The molecular formula is C73H130O6. The van der Waals surface area contributed by atoms with Crippen LogP contribution in [0.3, 0.4) is 0 Å². The number of carbonyl (C=O) groups excluding carboxylic acids is 3. The molecule has 0 rings (SSSR count). The molecule has 0 aromatic rings. The van der Waals surface area contributed by atoms with Crippen LogP contribution in [0.5, 0.6) is 0 Å². The molecule has 0 bridgehead atoms. The molecule has 0 aliphatic carbocycles. The average Bonchev–Trinajstić information content (AvgIpc) is 3.45. The summed E-state index contributed by atoms with van der Waals surface area (Å²) in [4.78, 5) is 38.1. The van der Waals surface area contributed by atoms with Crippen LogP contribution in [-0.2, 0) is 28.6 Å². The smallest absolute Gasteiger partial charge is 0.306 e. The zero-order chi connectivity index (χ0) is 57.1. The van der Waals surface area contributed by atoms with E-state index >= 15 is 0 Å². The Balaban J connectivity index is 4.03. The summed E-state index contributed by atoms with van der Waals surface area (Å²) in [6, 6.07) is 0. The number of rotatable bonds is 63. The molecule has 458 valence electrons. The van der Waals surface area contributed by atoms with Gasteiger partial charge in [0, 0.05) is 19.3 Å². The highest BCUT2D eigenvalue weighted by molar-refractivity contribution is 5.71. The normalized spacial score (nSPS) is 12.5. The molecule has 0 aromatic heterocycles. The first-order valence-electron chi connectivity index (χ1n) is 34.4. The van der Waals surface area contributed by atoms with Crippen LogP contribution in [-0.4, -0.2) is 37.2 Å². The van der Waals surface area contributed by atoms with Crippen molar-refractivity contribution in [2.24, 2.45) is 0 Å². The number of hydrogen-bond acceptors (Lipinski definition) is 6. The van der Waals surface area contributed by atoms with Crippen molar-refractivity contribution in [2.75, 3.05) is 13.2 Å². The first-order chi connectivity index (χ1) is 39.0. The zero-order valence-electron chi connectivity index (χ0n) is 52.6. The third-order valence-corrected chi connectivity index (χ3v) is 15.2. The van der Waals surface area contributed by atoms with Crippen LogP contribution in [0.2, 0.25) is 0 Å². The monoisotopic (exact) mass is 1100 g/mol. The van der Waals surface area contributed by atoms with E-state index in [2.05, 4.69) is 93.7 Å². The average molecular weight is 1100 g/mol. The lowest BCUT2D eigenvalue weighted by Crippen LogP contribution is -2.30. The van der Waals surface area contributed by atoms with Gasteiger partial charge in [-0.2, -0.15) is 0 Å². The Labute approximate surface area is 491 Å². The highest BCUT2D eigenvalue weighted by Gasteiger charge is 2.19. The Morgan fingerprint density at radius 1 is 0.266 bits per heavy atom. The molecule has 0 saturated carbocycles. The standard InChI is InChI=1S/C73H130O6/c1-4-7-10-13-16-18-20-22-24-26-28-30-31-32-33-34-35-36-37-38-39-40-41-43-44-46-48-50-52-54-57-60-63-66-72(75)78-69-70(68-77-71(74)65-62-59-56-15-12-9-6-3)79-73(76)67-64-61-58-55-53-51-49-47-45-42-29-27-25-23-21-19-17-14-11-8-5-2/h7,10,16,18,22,24,28,30,32-33,35-36,70H,4-6,8-9,11-15,17,19-21,23,25-27,29,31,34,37-69H2,1-3H3/b10-7-,18-16-,24-22-,30-28-,33-32-,36-35-. The fraction of sp³-hybridized carbons (Fsp3) is 0.795. The van der Waals surface area contributed by atoms with Crippen LogP contribution in [0.25, 0.3) is 0 Å². The molecule has 79 heavy (non-hydrogen) atoms. The topological polar surface area (TPSA) is 78.9 Å². The van der Waals surface area contributed by atoms with Crippen molar-refractivity contribution in [2.45, 2.75) is 361 Å². The third kappa shape index (κ3) is 65.5. The van der Waals surface area contributed by atoms with E-state index in [0.29, 0.717) is 19.3 Å². The lowest BCUT2D eigenvalue weighted by atomic mass is 10.0. The van der Waals surface area contributed by atoms with Gasteiger partial charge in [-0.05, 0) is 70.6 Å². The summed E-state index contributed by atoms with van der Waals surface area (Å²) in [7, 11) is 0. The van der Waals surface area contributed by atoms with Gasteiger partial charge in [-0.1, -0.05) is 338 Å². The van der Waals surface area contributed by atoms with Crippen molar-refractivity contribution >= 4 is 17.9 Å². The Bertz CT molecular complexity index is 1450. The van der Waals surface area contributed by atoms with Crippen LogP contribution in [0.15, 0.2) is 72.9 Å². The second-order valence-electron chi connectivity index (χ2n) is 23.1. The van der Waals surface area contributed by atoms with E-state index in [1.54, 1.807) is 0 Å². The number of hydrogen-bond donors (Lipinski definition) is 0. The van der Waals surface area contributed by atoms with Crippen molar-refractivity contribution in [3.63, 3.8) is 0 Å². The molecular weight excluding hydrogens is 973 g/mol. The number of unbranched alkanes of at least 4 members (excludes halogenated alkanes) is 40. The number of carbonyl (C=O) groups is 3. The van der Waals surface area contributed by atoms with Gasteiger partial charge in [-0.3, -0.25) is 14.4 Å². The van der Waals surface area contributed by atoms with Gasteiger partial charge in [0.1, 0.15) is 13.2 Å². The highest BCUT2D eigenvalue weighted by Crippen LogP contribution is 2.18. The maximum absolute atomic E-state index is 12.9. The summed E-state index contributed by atoms with van der Waals surface area (Å²) in [6.45, 7) is 6.54. The molecule has 6 nitrogen and oxygen atoms in total. The van der Waals surface area contributed by atoms with Gasteiger partial charge in [-0.25, -0.2) is 0 Å². The molecule has 0 aliphatic heterocycles. The number of allylic oxidation sites excluding steroid dienone is 12. The van der Waals surface area contributed by atoms with Gasteiger partial charge in [0.05, 0.1) is 0 Å². The maximum Gasteiger partial charge on any atom is 0.306 e. The second-order valence-corrected chi connectivity index (χ2v) is 23.1. The molecule has 0 N–H and O–H groups in total. The Kier molecular flexibility index (Phi) is 64.7. The van der Waals surface area contributed by atoms with Gasteiger partial charge in [-0.15, -0.1) is 0 Å². The third-order valence-electron chi connectivity index (χ3n) is 15.2. The molecule has 0 amide bonds. The quantitative estimate of drug-likeness (QED) is 0.0261. The van der Waals surface area contributed by atoms with Gasteiger partial charge >= 0.3 is 17.9 Å². The van der Waals surface area contributed by atoms with Crippen molar-refractivity contribution in [3.8, 4) is 0 Å². The molecule has 0 aliphatic rings. The SMILES string of the molecule is CC/C=C\C/C=C\C/C=C\C/C=C\C/C=C\C/C=C\CCCCCCCCCCCCCCCCC(=O)OCC(COC(=O)CCCCCCCCC)OC(=O)CCCCCCCCCCCCCCCCCCCCCCC. The predicted octanol–water partition coefficient (Wildman–Crippen LogP) is 23.7. The first-order valence-corrected chi connectivity index (χ1v) is 34.4. The fourth-order valence-electron chi connectivity index (χ4n) is 10.1. The van der Waals surface area contributed by atoms with Crippen molar-refractivity contribution < 1.29 is 28.6 Å². The highest BCUT2D eigenvalue weighted by atomic mass is 16.6. The first kappa shape index (κ1) is 75.8. The minimum absolute atomic E-state index is 0.0695. The summed E-state index contributed by atoms with van der Waals surface area (Å²) in [5.41, 5.74) is 0. The summed E-state index contributed by atoms with van der Waals surface area (Å²) >= 11 is 0. The maximum atomic E-state index is 12.9. The van der Waals surface area contributed by atoms with Crippen LogP contribution in [0, 0.1) is 0 Å². The van der Waals surface area contributed by atoms with E-state index in [0.717, 1.165) is 96.3 Å². The van der Waals surface area contributed by atoms with Gasteiger partial charge in [0.15, 0.2) is 6.10 Å². The van der Waals surface area contributed by atoms with Crippen molar-refractivity contribution in [1.82, 2.24) is 0 Å². The molecule has 0 saturated heterocycles. The fourth-order valence-corrected chi connectivity index (χ4v) is 10.1. The van der Waals surface area contributed by atoms with E-state index in [1.165, 1.54) is 218 Å². The minimum Gasteiger partial charge on any atom is -0.462 e. The Morgan fingerprint density at radius 3 is 0.772 bits per heavy atom. The molecule has 1 atom stereocenters. The lowest BCUT2D eigenvalue weighted by Gasteiger charge is -2.18. The Hall–Kier alpha value is -3.15. The summed E-state index contributed by atoms with van der Waals surface area (Å²) in [6.07, 6.45) is 88.1. The van der Waals surface area contributed by atoms with Crippen molar-refractivity contribution in [1.29, 1.82) is 0 Å². The van der Waals surface area contributed by atoms with E-state index in [4.69, 9.17) is 14.2 Å². The largest absolute Gasteiger partial charge is 0.462 e. The van der Waals surface area contributed by atoms with Crippen molar-refractivity contribution in [3.05, 3.63) is 72.9 Å². The van der Waals surface area contributed by atoms with E-state index < -0.39 is 6.10 Å². The summed E-state index contributed by atoms with van der Waals surface area (Å²) in [5.74, 6) is -0.856. The van der Waals surface area contributed by atoms with E-state index in [9.17, 15) is 14.4 Å². The van der Waals surface area contributed by atoms with Crippen LogP contribution >= 0.6 is 0 Å².